The summed E-state index contributed by atoms with van der Waals surface area (Å²) in [6, 6.07) is 17.8. The molecule has 0 saturated carbocycles. The third-order valence-electron chi connectivity index (χ3n) is 6.41. The third-order valence-corrected chi connectivity index (χ3v) is 6.91. The van der Waals surface area contributed by atoms with Gasteiger partial charge in [-0.2, -0.15) is 0 Å². The molecule has 2 fully saturated rings. The first-order valence-corrected chi connectivity index (χ1v) is 12.3. The number of hydroxylamine groups is 1. The molecule has 3 aromatic carbocycles. The lowest BCUT2D eigenvalue weighted by molar-refractivity contribution is -0.126. The zero-order valence-corrected chi connectivity index (χ0v) is 21.1. The van der Waals surface area contributed by atoms with Crippen molar-refractivity contribution in [3.05, 3.63) is 87.9 Å². The summed E-state index contributed by atoms with van der Waals surface area (Å²) in [4.78, 5) is 46.5. The smallest absolute Gasteiger partial charge is 0.338 e. The van der Waals surface area contributed by atoms with Crippen molar-refractivity contribution in [1.29, 1.82) is 0 Å². The molecule has 0 aromatic heterocycles. The first-order valence-electron chi connectivity index (χ1n) is 11.5. The van der Waals surface area contributed by atoms with Crippen LogP contribution in [0.3, 0.4) is 0 Å². The lowest BCUT2D eigenvalue weighted by atomic mass is 9.90. The number of aromatic hydroxyl groups is 1. The number of hydrogen-bond donors (Lipinski definition) is 1. The molecule has 0 spiro atoms. The number of carbonyl (C=O) groups is 3. The minimum absolute atomic E-state index is 0.0106. The Morgan fingerprint density at radius 1 is 1.06 bits per heavy atom. The van der Waals surface area contributed by atoms with Crippen molar-refractivity contribution in [2.45, 2.75) is 26.0 Å². The Morgan fingerprint density at radius 2 is 1.78 bits per heavy atom. The fourth-order valence-corrected chi connectivity index (χ4v) is 5.11. The van der Waals surface area contributed by atoms with Gasteiger partial charge in [-0.1, -0.05) is 34.1 Å². The minimum Gasteiger partial charge on any atom is -0.508 e. The van der Waals surface area contributed by atoms with Crippen LogP contribution in [0, 0.1) is 12.8 Å². The second-order valence-electron chi connectivity index (χ2n) is 8.59. The highest BCUT2D eigenvalue weighted by atomic mass is 79.9. The number of hydrogen-bond acceptors (Lipinski definition) is 7. The topological polar surface area (TPSA) is 96.4 Å². The van der Waals surface area contributed by atoms with Crippen molar-refractivity contribution >= 4 is 45.1 Å². The number of imide groups is 1. The number of carbonyl (C=O) groups excluding carboxylic acids is 3. The fourth-order valence-electron chi connectivity index (χ4n) is 4.73. The van der Waals surface area contributed by atoms with Gasteiger partial charge in [0.25, 0.3) is 5.91 Å². The van der Waals surface area contributed by atoms with Crippen LogP contribution >= 0.6 is 15.9 Å². The van der Waals surface area contributed by atoms with Gasteiger partial charge in [0, 0.05) is 10.0 Å². The molecule has 36 heavy (non-hydrogen) atoms. The number of ether oxygens (including phenoxy) is 1. The van der Waals surface area contributed by atoms with E-state index in [9.17, 15) is 19.5 Å². The summed E-state index contributed by atoms with van der Waals surface area (Å²) in [5.74, 6) is -2.35. The number of anilines is 2. The van der Waals surface area contributed by atoms with E-state index in [2.05, 4.69) is 15.9 Å². The molecule has 1 N–H and O–H groups in total. The average Bonchev–Trinajstić information content (AvgIpc) is 3.37. The largest absolute Gasteiger partial charge is 0.508 e. The number of fused-ring (bicyclic) bond motifs is 1. The molecule has 9 heteroatoms. The van der Waals surface area contributed by atoms with Gasteiger partial charge in [0.05, 0.1) is 29.6 Å². The molecule has 0 radical (unpaired) electrons. The number of phenols is 1. The number of halogens is 1. The standard InChI is InChI=1S/C27H23BrN2O6/c1-3-35-27(34)16-8-11-18(12-9-16)29-25(32)22-23(19-14-17(28)10-13-21(19)31)30(36-24(22)26(29)33)20-7-5-4-6-15(20)2/h4-14,22-24,31H,3H2,1-2H3. The molecule has 2 heterocycles. The van der Waals surface area contributed by atoms with E-state index in [0.717, 1.165) is 10.5 Å². The van der Waals surface area contributed by atoms with Crippen LogP contribution in [0.1, 0.15) is 34.5 Å². The summed E-state index contributed by atoms with van der Waals surface area (Å²) in [5.41, 5.74) is 2.70. The van der Waals surface area contributed by atoms with Crippen molar-refractivity contribution < 1.29 is 29.1 Å². The fraction of sp³-hybridized carbons (Fsp3) is 0.222. The van der Waals surface area contributed by atoms with Gasteiger partial charge in [0.1, 0.15) is 11.7 Å². The zero-order valence-electron chi connectivity index (χ0n) is 19.6. The monoisotopic (exact) mass is 550 g/mol. The highest BCUT2D eigenvalue weighted by molar-refractivity contribution is 9.10. The summed E-state index contributed by atoms with van der Waals surface area (Å²) in [6.45, 7) is 3.86. The number of amides is 2. The van der Waals surface area contributed by atoms with Gasteiger partial charge in [0.15, 0.2) is 6.10 Å². The molecule has 3 aromatic rings. The Bertz CT molecular complexity index is 1360. The van der Waals surface area contributed by atoms with E-state index in [1.165, 1.54) is 30.3 Å². The van der Waals surface area contributed by atoms with Crippen molar-refractivity contribution in [3.63, 3.8) is 0 Å². The predicted molar refractivity (Wildman–Crippen MR) is 135 cm³/mol. The summed E-state index contributed by atoms with van der Waals surface area (Å²) in [5, 5.41) is 12.3. The van der Waals surface area contributed by atoms with E-state index in [1.807, 2.05) is 31.2 Å². The molecule has 2 aliphatic rings. The quantitative estimate of drug-likeness (QED) is 0.363. The number of benzene rings is 3. The van der Waals surface area contributed by atoms with Crippen LogP contribution in [0.2, 0.25) is 0 Å². The van der Waals surface area contributed by atoms with E-state index >= 15 is 0 Å². The molecule has 8 nitrogen and oxygen atoms in total. The highest BCUT2D eigenvalue weighted by Gasteiger charge is 2.60. The average molecular weight is 551 g/mol. The van der Waals surface area contributed by atoms with Gasteiger partial charge < -0.3 is 9.84 Å². The van der Waals surface area contributed by atoms with Crippen LogP contribution in [0.4, 0.5) is 11.4 Å². The van der Waals surface area contributed by atoms with Crippen LogP contribution in [0.15, 0.2) is 71.2 Å². The normalized spacial score (nSPS) is 21.1. The van der Waals surface area contributed by atoms with Gasteiger partial charge in [-0.25, -0.2) is 14.8 Å². The molecule has 2 amide bonds. The van der Waals surface area contributed by atoms with Gasteiger partial charge in [-0.05, 0) is 67.9 Å². The third kappa shape index (κ3) is 3.94. The SMILES string of the molecule is CCOC(=O)c1ccc(N2C(=O)C3ON(c4ccccc4C)C(c4cc(Br)ccc4O)C3C2=O)cc1. The van der Waals surface area contributed by atoms with E-state index in [4.69, 9.17) is 9.57 Å². The van der Waals surface area contributed by atoms with Crippen LogP contribution in [-0.4, -0.2) is 35.6 Å². The Hall–Kier alpha value is -3.69. The number of esters is 1. The van der Waals surface area contributed by atoms with E-state index in [0.29, 0.717) is 27.0 Å². The lowest BCUT2D eigenvalue weighted by Crippen LogP contribution is -2.37. The second kappa shape index (κ2) is 9.40. The maximum atomic E-state index is 13.8. The highest BCUT2D eigenvalue weighted by Crippen LogP contribution is 2.50. The van der Waals surface area contributed by atoms with Crippen LogP contribution in [0.5, 0.6) is 5.75 Å². The number of phenolic OH excluding ortho intramolecular Hbond substituents is 1. The first-order chi connectivity index (χ1) is 17.3. The zero-order chi connectivity index (χ0) is 25.6. The molecule has 0 bridgehead atoms. The minimum atomic E-state index is -1.08. The molecule has 184 valence electrons. The van der Waals surface area contributed by atoms with Crippen molar-refractivity contribution in [1.82, 2.24) is 0 Å². The number of aryl methyl sites for hydroxylation is 1. The molecule has 2 saturated heterocycles. The Labute approximate surface area is 216 Å². The summed E-state index contributed by atoms with van der Waals surface area (Å²) >= 11 is 3.44. The van der Waals surface area contributed by atoms with Crippen LogP contribution in [-0.2, 0) is 19.2 Å². The molecule has 3 unspecified atom stereocenters. The van der Waals surface area contributed by atoms with Gasteiger partial charge in [-0.15, -0.1) is 0 Å². The Kier molecular flexibility index (Phi) is 6.27. The summed E-state index contributed by atoms with van der Waals surface area (Å²) < 4.78 is 5.72. The van der Waals surface area contributed by atoms with E-state index < -0.39 is 35.8 Å². The van der Waals surface area contributed by atoms with Crippen molar-refractivity contribution in [2.24, 2.45) is 5.92 Å². The first kappa shape index (κ1) is 24.0. The molecule has 0 aliphatic carbocycles. The predicted octanol–water partition coefficient (Wildman–Crippen LogP) is 4.69. The Morgan fingerprint density at radius 3 is 2.47 bits per heavy atom. The maximum absolute atomic E-state index is 13.8. The maximum Gasteiger partial charge on any atom is 0.338 e. The number of rotatable bonds is 5. The van der Waals surface area contributed by atoms with E-state index in [-0.39, 0.29) is 12.4 Å². The number of nitrogens with zero attached hydrogens (tertiary/aromatic N) is 2. The van der Waals surface area contributed by atoms with Crippen molar-refractivity contribution in [2.75, 3.05) is 16.6 Å². The Balaban J connectivity index is 1.55. The lowest BCUT2D eigenvalue weighted by Gasteiger charge is -2.30. The van der Waals surface area contributed by atoms with Gasteiger partial charge >= 0.3 is 5.97 Å². The molecule has 3 atom stereocenters. The second-order valence-corrected chi connectivity index (χ2v) is 9.51. The molecule has 2 aliphatic heterocycles. The molecular weight excluding hydrogens is 528 g/mol. The summed E-state index contributed by atoms with van der Waals surface area (Å²) in [7, 11) is 0. The summed E-state index contributed by atoms with van der Waals surface area (Å²) in [6.07, 6.45) is -1.08. The van der Waals surface area contributed by atoms with Crippen LogP contribution < -0.4 is 9.96 Å². The van der Waals surface area contributed by atoms with Crippen molar-refractivity contribution in [3.8, 4) is 5.75 Å². The van der Waals surface area contributed by atoms with Gasteiger partial charge in [-0.3, -0.25) is 14.4 Å². The van der Waals surface area contributed by atoms with E-state index in [1.54, 1.807) is 24.1 Å². The molecular formula is C27H23BrN2O6. The number of para-hydroxylation sites is 1. The van der Waals surface area contributed by atoms with Crippen LogP contribution in [0.25, 0.3) is 0 Å². The van der Waals surface area contributed by atoms with Gasteiger partial charge in [0.2, 0.25) is 5.91 Å². The molecule has 5 rings (SSSR count).